The lowest BCUT2D eigenvalue weighted by atomic mass is 9.74. The second-order valence-corrected chi connectivity index (χ2v) is 15.0. The van der Waals surface area contributed by atoms with Gasteiger partial charge in [-0.25, -0.2) is 13.8 Å². The van der Waals surface area contributed by atoms with Gasteiger partial charge in [0.25, 0.3) is 0 Å². The topological polar surface area (TPSA) is 84.9 Å². The van der Waals surface area contributed by atoms with Crippen LogP contribution in [0.15, 0.2) is 84.9 Å². The Kier molecular flexibility index (Phi) is 8.33. The van der Waals surface area contributed by atoms with E-state index in [9.17, 15) is 14.0 Å². The minimum atomic E-state index is -1.32. The summed E-state index contributed by atoms with van der Waals surface area (Å²) in [4.78, 5) is 40.5. The predicted octanol–water partition coefficient (Wildman–Crippen LogP) is 7.98. The smallest absolute Gasteiger partial charge is 0.246 e. The summed E-state index contributed by atoms with van der Waals surface area (Å²) in [5.74, 6) is -0.339. The summed E-state index contributed by atoms with van der Waals surface area (Å²) in [6.45, 7) is 5.95. The van der Waals surface area contributed by atoms with E-state index in [0.717, 1.165) is 33.3 Å². The summed E-state index contributed by atoms with van der Waals surface area (Å²) in [5.41, 5.74) is 4.48. The Balaban J connectivity index is 1.33. The van der Waals surface area contributed by atoms with Crippen LogP contribution < -0.4 is 9.47 Å². The van der Waals surface area contributed by atoms with Gasteiger partial charge in [0.2, 0.25) is 11.8 Å². The summed E-state index contributed by atoms with van der Waals surface area (Å²) < 4.78 is 44.3. The maximum Gasteiger partial charge on any atom is 0.246 e. The van der Waals surface area contributed by atoms with Crippen molar-refractivity contribution in [3.63, 3.8) is 0 Å². The number of carbonyl (C=O) groups excluding carboxylic acids is 2. The van der Waals surface area contributed by atoms with E-state index < -0.39 is 17.2 Å². The number of thiophene rings is 1. The number of fused-ring (bicyclic) bond motifs is 11. The number of benzene rings is 2. The molecule has 2 amide bonds. The van der Waals surface area contributed by atoms with Gasteiger partial charge in [-0.05, 0) is 72.2 Å². The number of hydrogen-bond acceptors (Lipinski definition) is 7. The summed E-state index contributed by atoms with van der Waals surface area (Å²) in [5, 5.41) is 2.84. The van der Waals surface area contributed by atoms with Crippen molar-refractivity contribution in [2.45, 2.75) is 44.2 Å². The summed E-state index contributed by atoms with van der Waals surface area (Å²) in [7, 11) is 0. The highest BCUT2D eigenvalue weighted by Crippen LogP contribution is 2.55. The third kappa shape index (κ3) is 5.78. The van der Waals surface area contributed by atoms with Gasteiger partial charge in [-0.2, -0.15) is 0 Å². The fourth-order valence-corrected chi connectivity index (χ4v) is 9.29. The molecule has 53 heavy (non-hydrogen) atoms. The van der Waals surface area contributed by atoms with E-state index in [1.807, 2.05) is 40.8 Å². The number of carbonyl (C=O) groups is 2. The van der Waals surface area contributed by atoms with Gasteiger partial charge in [0.05, 0.1) is 11.4 Å². The normalized spacial score (nSPS) is 21.5. The fraction of sp³-hybridized carbons (Fsp3) is 0.286. The Labute approximate surface area is 309 Å². The second kappa shape index (κ2) is 13.2. The van der Waals surface area contributed by atoms with Gasteiger partial charge in [-0.15, -0.1) is 11.3 Å². The molecule has 5 aromatic rings. The molecule has 3 aromatic heterocycles. The van der Waals surface area contributed by atoms with Crippen LogP contribution in [0, 0.1) is 17.6 Å². The number of pyridine rings is 2. The molecule has 0 aliphatic carbocycles. The number of rotatable bonds is 2. The van der Waals surface area contributed by atoms with Crippen LogP contribution in [0.1, 0.15) is 48.2 Å². The minimum absolute atomic E-state index is 0.0697. The Bertz CT molecular complexity index is 2360. The highest BCUT2D eigenvalue weighted by Gasteiger charge is 2.49. The largest absolute Gasteiger partial charge is 0.489 e. The maximum absolute atomic E-state index is 15.2. The van der Waals surface area contributed by atoms with Crippen LogP contribution in [0.3, 0.4) is 0 Å². The number of aromatic nitrogens is 2. The molecular formula is C42H36F2N4O4S. The fourth-order valence-electron chi connectivity index (χ4n) is 8.34. The Morgan fingerprint density at radius 2 is 1.85 bits per heavy atom. The Morgan fingerprint density at radius 3 is 2.68 bits per heavy atom. The van der Waals surface area contributed by atoms with Crippen molar-refractivity contribution >= 4 is 33.2 Å². The molecule has 2 unspecified atom stereocenters. The van der Waals surface area contributed by atoms with Crippen molar-refractivity contribution in [1.29, 1.82) is 0 Å². The number of nitrogens with zero attached hydrogens (tertiary/aromatic N) is 4. The quantitative estimate of drug-likeness (QED) is 0.135. The molecular weight excluding hydrogens is 695 g/mol. The molecule has 268 valence electrons. The van der Waals surface area contributed by atoms with Crippen LogP contribution in [0.4, 0.5) is 8.78 Å². The zero-order valence-corrected chi connectivity index (χ0v) is 29.8. The van der Waals surface area contributed by atoms with Crippen LogP contribution in [-0.2, 0) is 28.2 Å². The van der Waals surface area contributed by atoms with E-state index in [-0.39, 0.29) is 24.3 Å². The van der Waals surface area contributed by atoms with Crippen molar-refractivity contribution in [2.24, 2.45) is 5.92 Å². The van der Waals surface area contributed by atoms with E-state index in [4.69, 9.17) is 19.4 Å². The van der Waals surface area contributed by atoms with Crippen molar-refractivity contribution in [3.05, 3.63) is 119 Å². The predicted molar refractivity (Wildman–Crippen MR) is 199 cm³/mol. The average Bonchev–Trinajstić information content (AvgIpc) is 3.66. The molecule has 0 N–H and O–H groups in total. The minimum Gasteiger partial charge on any atom is -0.489 e. The standard InChI is InChI=1S/C42H36F2N4O4S/c1-2-36(49)48-15-11-33-26(24-48)19-27(23-45-33)42-22-25-10-14-47(37(50)18-25)13-4-3-5-16-51-34-20-28(43)7-9-31(34)39-32-12-17-53-40(32)38(41(42)46-39)30-8-6-29(44)21-35(30)52-42/h2-3,5-9,12,17,19-21,23,25H,1,4,10-11,13-16,18,22,24H2/b5-3+. The maximum atomic E-state index is 15.2. The SMILES string of the molecule is C=CC(=O)N1CCc2ncc(C34CC5CCN(CC/C=C/COc6cc(F)ccc6-c6nc3c(c3sccc63)-c3ccc(F)cc3O4)C(=O)C5)cc2C1. The van der Waals surface area contributed by atoms with Crippen LogP contribution in [0.5, 0.6) is 11.5 Å². The van der Waals surface area contributed by atoms with Crippen LogP contribution in [0.25, 0.3) is 32.5 Å². The first kappa shape index (κ1) is 33.4. The first-order valence-electron chi connectivity index (χ1n) is 18.0. The molecule has 0 saturated carbocycles. The molecule has 8 nitrogen and oxygen atoms in total. The molecule has 2 atom stereocenters. The lowest BCUT2D eigenvalue weighted by molar-refractivity contribution is -0.135. The van der Waals surface area contributed by atoms with Crippen molar-refractivity contribution in [3.8, 4) is 33.9 Å². The van der Waals surface area contributed by atoms with E-state index in [2.05, 4.69) is 6.58 Å². The van der Waals surface area contributed by atoms with E-state index >= 15 is 4.39 Å². The van der Waals surface area contributed by atoms with Crippen LogP contribution >= 0.6 is 11.3 Å². The molecule has 0 spiro atoms. The number of amides is 2. The molecule has 5 aliphatic rings. The van der Waals surface area contributed by atoms with Crippen molar-refractivity contribution in [2.75, 3.05) is 26.2 Å². The van der Waals surface area contributed by atoms with Gasteiger partial charge < -0.3 is 19.3 Å². The van der Waals surface area contributed by atoms with E-state index in [0.29, 0.717) is 91.4 Å². The van der Waals surface area contributed by atoms with Gasteiger partial charge in [0, 0.05) is 102 Å². The highest BCUT2D eigenvalue weighted by molar-refractivity contribution is 7.17. The van der Waals surface area contributed by atoms with Gasteiger partial charge in [-0.3, -0.25) is 14.6 Å². The number of hydrogen-bond donors (Lipinski definition) is 0. The highest BCUT2D eigenvalue weighted by atomic mass is 32.1. The number of ether oxygens (including phenoxy) is 2. The summed E-state index contributed by atoms with van der Waals surface area (Å²) in [6, 6.07) is 13.1. The van der Waals surface area contributed by atoms with Gasteiger partial charge >= 0.3 is 0 Å². The molecule has 8 heterocycles. The molecule has 2 aromatic carbocycles. The number of halogens is 2. The monoisotopic (exact) mass is 730 g/mol. The van der Waals surface area contributed by atoms with Crippen LogP contribution in [0.2, 0.25) is 0 Å². The van der Waals surface area contributed by atoms with E-state index in [1.54, 1.807) is 28.4 Å². The molecule has 10 rings (SSSR count). The van der Waals surface area contributed by atoms with Gasteiger partial charge in [0.15, 0.2) is 5.60 Å². The van der Waals surface area contributed by atoms with Crippen molar-refractivity contribution < 1.29 is 27.8 Å². The molecule has 1 fully saturated rings. The Morgan fingerprint density at radius 1 is 1.02 bits per heavy atom. The first-order valence-corrected chi connectivity index (χ1v) is 18.8. The zero-order chi connectivity index (χ0) is 36.3. The van der Waals surface area contributed by atoms with Crippen LogP contribution in [-0.4, -0.2) is 57.8 Å². The van der Waals surface area contributed by atoms with E-state index in [1.165, 1.54) is 30.3 Å². The number of piperidine rings is 1. The lowest BCUT2D eigenvalue weighted by Crippen LogP contribution is -2.45. The van der Waals surface area contributed by atoms with Gasteiger partial charge in [-0.1, -0.05) is 18.7 Å². The molecule has 4 bridgehead atoms. The third-order valence-electron chi connectivity index (χ3n) is 10.9. The Hall–Kier alpha value is -5.42. The zero-order valence-electron chi connectivity index (χ0n) is 28.9. The molecule has 5 aliphatic heterocycles. The first-order chi connectivity index (χ1) is 25.8. The van der Waals surface area contributed by atoms with Crippen molar-refractivity contribution in [1.82, 2.24) is 19.8 Å². The molecule has 1 saturated heterocycles. The molecule has 0 radical (unpaired) electrons. The third-order valence-corrected chi connectivity index (χ3v) is 11.9. The summed E-state index contributed by atoms with van der Waals surface area (Å²) >= 11 is 1.54. The van der Waals surface area contributed by atoms with Gasteiger partial charge in [0.1, 0.15) is 29.7 Å². The lowest BCUT2D eigenvalue weighted by Gasteiger charge is -2.43. The second-order valence-electron chi connectivity index (χ2n) is 14.1. The average molecular weight is 731 g/mol. The summed E-state index contributed by atoms with van der Waals surface area (Å²) in [6.07, 6.45) is 9.69. The molecule has 11 heteroatoms.